The second-order valence-corrected chi connectivity index (χ2v) is 7.03. The van der Waals surface area contributed by atoms with Gasteiger partial charge in [0.25, 0.3) is 5.91 Å². The van der Waals surface area contributed by atoms with Crippen LogP contribution in [0.1, 0.15) is 36.7 Å². The van der Waals surface area contributed by atoms with E-state index in [4.69, 9.17) is 4.84 Å². The Kier molecular flexibility index (Phi) is 8.43. The van der Waals surface area contributed by atoms with Gasteiger partial charge in [-0.2, -0.15) is 5.48 Å². The van der Waals surface area contributed by atoms with Crippen LogP contribution in [0, 0.1) is 24.4 Å². The van der Waals surface area contributed by atoms with Crippen LogP contribution in [0.15, 0.2) is 30.3 Å². The topological polar surface area (TPSA) is 73.8 Å². The number of nitrogens with zero attached hydrogens (tertiary/aromatic N) is 1. The van der Waals surface area contributed by atoms with Crippen LogP contribution in [0.25, 0.3) is 0 Å². The molecule has 9 heteroatoms. The zero-order valence-electron chi connectivity index (χ0n) is 18.1. The lowest BCUT2D eigenvalue weighted by Crippen LogP contribution is -2.67. The molecule has 2 aromatic rings. The SMILES string of the molecule is CC.CCONCC1(O)CN(C(=O)c2ccc(F)c(F)c2Nc2ccc(C)cc2F)C1. The molecule has 1 saturated heterocycles. The lowest BCUT2D eigenvalue weighted by atomic mass is 9.93. The van der Waals surface area contributed by atoms with E-state index in [1.54, 1.807) is 19.9 Å². The predicted molar refractivity (Wildman–Crippen MR) is 113 cm³/mol. The highest BCUT2D eigenvalue weighted by atomic mass is 19.2. The summed E-state index contributed by atoms with van der Waals surface area (Å²) in [5, 5.41) is 12.8. The first-order chi connectivity index (χ1) is 14.7. The van der Waals surface area contributed by atoms with Gasteiger partial charge in [0.05, 0.1) is 43.2 Å². The Bertz CT molecular complexity index is 918. The number of benzene rings is 2. The third-order valence-corrected chi connectivity index (χ3v) is 4.61. The van der Waals surface area contributed by atoms with Crippen molar-refractivity contribution in [1.82, 2.24) is 10.4 Å². The number of likely N-dealkylation sites (tertiary alicyclic amines) is 1. The molecule has 170 valence electrons. The normalized spacial score (nSPS) is 14.4. The lowest BCUT2D eigenvalue weighted by Gasteiger charge is -2.46. The van der Waals surface area contributed by atoms with Gasteiger partial charge in [-0.3, -0.25) is 4.79 Å². The minimum atomic E-state index is -1.29. The molecule has 3 N–H and O–H groups in total. The van der Waals surface area contributed by atoms with Crippen molar-refractivity contribution in [1.29, 1.82) is 0 Å². The molecule has 0 saturated carbocycles. The number of β-amino-alcohol motifs (C(OH)–C–C–N with tert-alkyl or cyclic N) is 1. The number of carbonyl (C=O) groups is 1. The molecule has 0 radical (unpaired) electrons. The molecule has 0 aliphatic carbocycles. The number of halogens is 3. The molecule has 6 nitrogen and oxygen atoms in total. The summed E-state index contributed by atoms with van der Waals surface area (Å²) >= 11 is 0. The van der Waals surface area contributed by atoms with E-state index < -0.39 is 34.6 Å². The third-order valence-electron chi connectivity index (χ3n) is 4.61. The standard InChI is InChI=1S/C20H22F3N3O3.C2H6/c1-3-29-24-9-20(28)10-26(11-20)19(27)13-5-6-14(21)17(23)18(13)25-16-7-4-12(2)8-15(16)22;1-2/h4-8,24-25,28H,3,9-11H2,1-2H3;1-2H3. The first-order valence-electron chi connectivity index (χ1n) is 10.1. The van der Waals surface area contributed by atoms with Gasteiger partial charge in [-0.15, -0.1) is 0 Å². The van der Waals surface area contributed by atoms with Gasteiger partial charge in [0.2, 0.25) is 0 Å². The van der Waals surface area contributed by atoms with Crippen LogP contribution in [0.2, 0.25) is 0 Å². The summed E-state index contributed by atoms with van der Waals surface area (Å²) in [6.45, 7) is 7.98. The third kappa shape index (κ3) is 5.75. The fraction of sp³-hybridized carbons (Fsp3) is 0.409. The van der Waals surface area contributed by atoms with Crippen LogP contribution >= 0.6 is 0 Å². The van der Waals surface area contributed by atoms with Crippen LogP contribution in [-0.4, -0.2) is 47.8 Å². The van der Waals surface area contributed by atoms with Gasteiger partial charge in [0, 0.05) is 0 Å². The summed E-state index contributed by atoms with van der Waals surface area (Å²) in [4.78, 5) is 19.1. The van der Waals surface area contributed by atoms with Crippen LogP contribution in [0.4, 0.5) is 24.5 Å². The quantitative estimate of drug-likeness (QED) is 0.451. The van der Waals surface area contributed by atoms with E-state index >= 15 is 0 Å². The molecule has 0 aromatic heterocycles. The number of hydrogen-bond acceptors (Lipinski definition) is 5. The predicted octanol–water partition coefficient (Wildman–Crippen LogP) is 3.91. The number of rotatable bonds is 7. The van der Waals surface area contributed by atoms with Gasteiger partial charge in [-0.1, -0.05) is 19.9 Å². The Morgan fingerprint density at radius 3 is 2.45 bits per heavy atom. The fourth-order valence-electron chi connectivity index (χ4n) is 3.08. The van der Waals surface area contributed by atoms with Crippen molar-refractivity contribution in [2.24, 2.45) is 0 Å². The zero-order chi connectivity index (χ0) is 23.2. The van der Waals surface area contributed by atoms with Gasteiger partial charge < -0.3 is 20.2 Å². The minimum Gasteiger partial charge on any atom is -0.385 e. The molecule has 0 spiro atoms. The van der Waals surface area contributed by atoms with Crippen LogP contribution < -0.4 is 10.8 Å². The van der Waals surface area contributed by atoms with Gasteiger partial charge >= 0.3 is 0 Å². The number of aryl methyl sites for hydroxylation is 1. The first-order valence-corrected chi connectivity index (χ1v) is 10.1. The average Bonchev–Trinajstić information content (AvgIpc) is 2.72. The van der Waals surface area contributed by atoms with Gasteiger partial charge in [0.15, 0.2) is 11.6 Å². The van der Waals surface area contributed by atoms with Gasteiger partial charge in [0.1, 0.15) is 11.4 Å². The Morgan fingerprint density at radius 2 is 1.84 bits per heavy atom. The Balaban J connectivity index is 0.00000166. The highest BCUT2D eigenvalue weighted by molar-refractivity contribution is 6.01. The molecule has 1 heterocycles. The first kappa shape index (κ1) is 24.6. The van der Waals surface area contributed by atoms with E-state index in [9.17, 15) is 23.1 Å². The lowest BCUT2D eigenvalue weighted by molar-refractivity contribution is -0.104. The highest BCUT2D eigenvalue weighted by Crippen LogP contribution is 2.31. The maximum atomic E-state index is 14.5. The zero-order valence-corrected chi connectivity index (χ0v) is 18.1. The Hall–Kier alpha value is -2.62. The summed E-state index contributed by atoms with van der Waals surface area (Å²) in [5.41, 5.74) is 1.36. The Morgan fingerprint density at radius 1 is 1.16 bits per heavy atom. The number of hydroxylamine groups is 1. The molecule has 0 atom stereocenters. The van der Waals surface area contributed by atoms with Crippen molar-refractivity contribution in [2.75, 3.05) is 31.6 Å². The molecular weight excluding hydrogens is 411 g/mol. The molecule has 1 amide bonds. The largest absolute Gasteiger partial charge is 0.385 e. The van der Waals surface area contributed by atoms with Gasteiger partial charge in [-0.25, -0.2) is 13.2 Å². The summed E-state index contributed by atoms with van der Waals surface area (Å²) in [7, 11) is 0. The molecule has 1 aliphatic rings. The number of amides is 1. The smallest absolute Gasteiger partial charge is 0.256 e. The van der Waals surface area contributed by atoms with E-state index in [1.165, 1.54) is 17.0 Å². The molecular formula is C22H28F3N3O3. The van der Waals surface area contributed by atoms with Crippen molar-refractivity contribution in [3.05, 3.63) is 58.9 Å². The minimum absolute atomic E-state index is 0.0107. The van der Waals surface area contributed by atoms with Crippen molar-refractivity contribution in [3.63, 3.8) is 0 Å². The monoisotopic (exact) mass is 439 g/mol. The fourth-order valence-corrected chi connectivity index (χ4v) is 3.08. The van der Waals surface area contributed by atoms with Crippen LogP contribution in [-0.2, 0) is 4.84 Å². The van der Waals surface area contributed by atoms with E-state index in [2.05, 4.69) is 10.8 Å². The van der Waals surface area contributed by atoms with Gasteiger partial charge in [-0.05, 0) is 43.7 Å². The van der Waals surface area contributed by atoms with E-state index in [-0.39, 0.29) is 30.9 Å². The maximum Gasteiger partial charge on any atom is 0.256 e. The molecule has 0 bridgehead atoms. The molecule has 1 aliphatic heterocycles. The second kappa shape index (κ2) is 10.6. The van der Waals surface area contributed by atoms with Crippen molar-refractivity contribution in [3.8, 4) is 0 Å². The molecule has 0 unspecified atom stereocenters. The number of nitrogens with one attached hydrogen (secondary N) is 2. The number of hydrogen-bond donors (Lipinski definition) is 3. The van der Waals surface area contributed by atoms with Crippen LogP contribution in [0.3, 0.4) is 0 Å². The van der Waals surface area contributed by atoms with Crippen molar-refractivity contribution < 1.29 is 27.9 Å². The number of carbonyl (C=O) groups excluding carboxylic acids is 1. The average molecular weight is 439 g/mol. The van der Waals surface area contributed by atoms with Crippen molar-refractivity contribution in [2.45, 2.75) is 33.3 Å². The molecule has 3 rings (SSSR count). The summed E-state index contributed by atoms with van der Waals surface area (Å²) in [5.74, 6) is -3.73. The van der Waals surface area contributed by atoms with E-state index in [0.29, 0.717) is 12.2 Å². The molecule has 31 heavy (non-hydrogen) atoms. The van der Waals surface area contributed by atoms with E-state index in [0.717, 1.165) is 12.1 Å². The summed E-state index contributed by atoms with van der Waals surface area (Å²) in [6.07, 6.45) is 0. The summed E-state index contributed by atoms with van der Waals surface area (Å²) in [6, 6.07) is 6.19. The number of anilines is 2. The maximum absolute atomic E-state index is 14.5. The number of aliphatic hydroxyl groups is 1. The highest BCUT2D eigenvalue weighted by Gasteiger charge is 2.44. The van der Waals surface area contributed by atoms with Crippen molar-refractivity contribution >= 4 is 17.3 Å². The van der Waals surface area contributed by atoms with E-state index in [1.807, 2.05) is 13.8 Å². The Labute approximate surface area is 180 Å². The molecule has 2 aromatic carbocycles. The van der Waals surface area contributed by atoms with Crippen LogP contribution in [0.5, 0.6) is 0 Å². The second-order valence-electron chi connectivity index (χ2n) is 7.03. The molecule has 1 fully saturated rings. The summed E-state index contributed by atoms with van der Waals surface area (Å²) < 4.78 is 42.4.